The van der Waals surface area contributed by atoms with E-state index in [0.717, 1.165) is 17.9 Å². The van der Waals surface area contributed by atoms with Gasteiger partial charge < -0.3 is 0 Å². The molecule has 0 saturated heterocycles. The van der Waals surface area contributed by atoms with E-state index in [1.165, 1.54) is 19.3 Å². The maximum absolute atomic E-state index is 12.5. The lowest BCUT2D eigenvalue weighted by Gasteiger charge is -2.31. The van der Waals surface area contributed by atoms with E-state index in [-0.39, 0.29) is 5.92 Å². The van der Waals surface area contributed by atoms with Crippen LogP contribution in [0.1, 0.15) is 45.1 Å². The third-order valence-electron chi connectivity index (χ3n) is 5.78. The first kappa shape index (κ1) is 13.6. The molecule has 0 bridgehead atoms. The highest BCUT2D eigenvalue weighted by Crippen LogP contribution is 2.66. The fourth-order valence-electron chi connectivity index (χ4n) is 4.25. The molecule has 3 unspecified atom stereocenters. The van der Waals surface area contributed by atoms with E-state index in [4.69, 9.17) is 0 Å². The van der Waals surface area contributed by atoms with Gasteiger partial charge in [0, 0.05) is 5.92 Å². The first-order chi connectivity index (χ1) is 9.66. The standard InChI is InChI=1S/C19H24O/c1-3-19-12-11-16(14(2)17(19)13-19)18(20)10-9-15-7-5-4-6-8-15/h4-10,14,16-17H,3,11-13H2,1-2H3/b10-9+/t14?,16?,17?,19-/m1/s1. The molecule has 3 rings (SSSR count). The fourth-order valence-corrected chi connectivity index (χ4v) is 4.25. The van der Waals surface area contributed by atoms with E-state index in [0.29, 0.717) is 17.1 Å². The van der Waals surface area contributed by atoms with Gasteiger partial charge in [-0.05, 0) is 48.2 Å². The van der Waals surface area contributed by atoms with Crippen LogP contribution in [0.15, 0.2) is 36.4 Å². The van der Waals surface area contributed by atoms with Crippen LogP contribution in [0.4, 0.5) is 0 Å². The summed E-state index contributed by atoms with van der Waals surface area (Å²) < 4.78 is 0. The van der Waals surface area contributed by atoms with Crippen LogP contribution in [0.5, 0.6) is 0 Å². The second-order valence-corrected chi connectivity index (χ2v) is 6.68. The van der Waals surface area contributed by atoms with Crippen LogP contribution in [-0.2, 0) is 4.79 Å². The van der Waals surface area contributed by atoms with Gasteiger partial charge in [0.1, 0.15) is 0 Å². The first-order valence-corrected chi connectivity index (χ1v) is 7.93. The van der Waals surface area contributed by atoms with Gasteiger partial charge in [-0.1, -0.05) is 56.7 Å². The van der Waals surface area contributed by atoms with Gasteiger partial charge in [0.15, 0.2) is 5.78 Å². The van der Waals surface area contributed by atoms with Crippen LogP contribution >= 0.6 is 0 Å². The molecule has 0 aromatic heterocycles. The number of allylic oxidation sites excluding steroid dienone is 1. The molecule has 1 heteroatoms. The zero-order valence-corrected chi connectivity index (χ0v) is 12.5. The highest BCUT2D eigenvalue weighted by atomic mass is 16.1. The van der Waals surface area contributed by atoms with Crippen molar-refractivity contribution < 1.29 is 4.79 Å². The summed E-state index contributed by atoms with van der Waals surface area (Å²) in [6.45, 7) is 4.60. The summed E-state index contributed by atoms with van der Waals surface area (Å²) in [5.41, 5.74) is 1.72. The molecule has 2 saturated carbocycles. The smallest absolute Gasteiger partial charge is 0.159 e. The van der Waals surface area contributed by atoms with Crippen molar-refractivity contribution in [3.05, 3.63) is 42.0 Å². The van der Waals surface area contributed by atoms with Crippen molar-refractivity contribution in [2.45, 2.75) is 39.5 Å². The third-order valence-corrected chi connectivity index (χ3v) is 5.78. The maximum atomic E-state index is 12.5. The number of rotatable bonds is 4. The Hall–Kier alpha value is -1.37. The summed E-state index contributed by atoms with van der Waals surface area (Å²) in [6.07, 6.45) is 8.76. The van der Waals surface area contributed by atoms with Crippen LogP contribution in [0.2, 0.25) is 0 Å². The SMILES string of the molecule is CC[C@]12CCC(C(=O)/C=C/c3ccccc3)C(C)C1C2. The van der Waals surface area contributed by atoms with Gasteiger partial charge in [0.2, 0.25) is 0 Å². The summed E-state index contributed by atoms with van der Waals surface area (Å²) >= 11 is 0. The normalized spacial score (nSPS) is 35.8. The lowest BCUT2D eigenvalue weighted by Crippen LogP contribution is -2.29. The fraction of sp³-hybridized carbons (Fsp3) is 0.526. The molecule has 0 aliphatic heterocycles. The average Bonchev–Trinajstić information content (AvgIpc) is 3.23. The van der Waals surface area contributed by atoms with Gasteiger partial charge in [-0.2, -0.15) is 0 Å². The first-order valence-electron chi connectivity index (χ1n) is 7.93. The molecular formula is C19H24O. The van der Waals surface area contributed by atoms with E-state index < -0.39 is 0 Å². The zero-order chi connectivity index (χ0) is 14.2. The van der Waals surface area contributed by atoms with E-state index in [2.05, 4.69) is 13.8 Å². The number of benzene rings is 1. The number of hydrogen-bond donors (Lipinski definition) is 0. The molecule has 2 aliphatic rings. The second-order valence-electron chi connectivity index (χ2n) is 6.68. The quantitative estimate of drug-likeness (QED) is 0.721. The van der Waals surface area contributed by atoms with Crippen LogP contribution in [0.25, 0.3) is 6.08 Å². The van der Waals surface area contributed by atoms with Crippen molar-refractivity contribution >= 4 is 11.9 Å². The van der Waals surface area contributed by atoms with Crippen molar-refractivity contribution in [2.75, 3.05) is 0 Å². The largest absolute Gasteiger partial charge is 0.295 e. The highest BCUT2D eigenvalue weighted by molar-refractivity contribution is 5.95. The lowest BCUT2D eigenvalue weighted by atomic mass is 9.72. The molecule has 1 nitrogen and oxygen atoms in total. The van der Waals surface area contributed by atoms with E-state index in [9.17, 15) is 4.79 Å². The highest BCUT2D eigenvalue weighted by Gasteiger charge is 2.59. The number of hydrogen-bond acceptors (Lipinski definition) is 1. The van der Waals surface area contributed by atoms with Gasteiger partial charge >= 0.3 is 0 Å². The zero-order valence-electron chi connectivity index (χ0n) is 12.5. The maximum Gasteiger partial charge on any atom is 0.159 e. The minimum Gasteiger partial charge on any atom is -0.295 e. The molecule has 1 aromatic carbocycles. The predicted molar refractivity (Wildman–Crippen MR) is 83.2 cm³/mol. The van der Waals surface area contributed by atoms with Gasteiger partial charge in [0.05, 0.1) is 0 Å². The topological polar surface area (TPSA) is 17.1 Å². The van der Waals surface area contributed by atoms with Gasteiger partial charge in [-0.15, -0.1) is 0 Å². The third kappa shape index (κ3) is 2.34. The average molecular weight is 268 g/mol. The molecule has 2 aliphatic carbocycles. The number of carbonyl (C=O) groups is 1. The summed E-state index contributed by atoms with van der Waals surface area (Å²) in [4.78, 5) is 12.5. The molecule has 0 radical (unpaired) electrons. The Balaban J connectivity index is 1.65. The van der Waals surface area contributed by atoms with Crippen LogP contribution < -0.4 is 0 Å². The Morgan fingerprint density at radius 2 is 2.10 bits per heavy atom. The van der Waals surface area contributed by atoms with E-state index in [1.54, 1.807) is 6.08 Å². The number of ketones is 1. The van der Waals surface area contributed by atoms with Crippen molar-refractivity contribution in [1.82, 2.24) is 0 Å². The monoisotopic (exact) mass is 268 g/mol. The van der Waals surface area contributed by atoms with Crippen LogP contribution in [-0.4, -0.2) is 5.78 Å². The van der Waals surface area contributed by atoms with Crippen LogP contribution in [0.3, 0.4) is 0 Å². The van der Waals surface area contributed by atoms with Crippen LogP contribution in [0, 0.1) is 23.2 Å². The van der Waals surface area contributed by atoms with Gasteiger partial charge in [-0.25, -0.2) is 0 Å². The molecule has 20 heavy (non-hydrogen) atoms. The van der Waals surface area contributed by atoms with Gasteiger partial charge in [-0.3, -0.25) is 4.79 Å². The number of carbonyl (C=O) groups excluding carboxylic acids is 1. The lowest BCUT2D eigenvalue weighted by molar-refractivity contribution is -0.121. The van der Waals surface area contributed by atoms with Gasteiger partial charge in [0.25, 0.3) is 0 Å². The molecule has 4 atom stereocenters. The Morgan fingerprint density at radius 3 is 2.80 bits per heavy atom. The summed E-state index contributed by atoms with van der Waals surface area (Å²) in [7, 11) is 0. The summed E-state index contributed by atoms with van der Waals surface area (Å²) in [6, 6.07) is 10.1. The molecule has 1 aromatic rings. The Kier molecular flexibility index (Phi) is 3.54. The minimum absolute atomic E-state index is 0.252. The van der Waals surface area contributed by atoms with Crippen molar-refractivity contribution in [1.29, 1.82) is 0 Å². The predicted octanol–water partition coefficient (Wildman–Crippen LogP) is 4.73. The summed E-state index contributed by atoms with van der Waals surface area (Å²) in [5.74, 6) is 1.96. The van der Waals surface area contributed by atoms with E-state index >= 15 is 0 Å². The Morgan fingerprint density at radius 1 is 1.35 bits per heavy atom. The van der Waals surface area contributed by atoms with Crippen molar-refractivity contribution in [2.24, 2.45) is 23.2 Å². The second kappa shape index (κ2) is 5.20. The number of fused-ring (bicyclic) bond motifs is 1. The molecule has 106 valence electrons. The molecule has 0 heterocycles. The molecular weight excluding hydrogens is 244 g/mol. The Bertz CT molecular complexity index is 516. The van der Waals surface area contributed by atoms with Crippen molar-refractivity contribution in [3.63, 3.8) is 0 Å². The molecule has 0 amide bonds. The Labute approximate surface area is 122 Å². The molecule has 0 spiro atoms. The molecule has 2 fully saturated rings. The summed E-state index contributed by atoms with van der Waals surface area (Å²) in [5, 5.41) is 0. The molecule has 0 N–H and O–H groups in total. The minimum atomic E-state index is 0.252. The van der Waals surface area contributed by atoms with Crippen molar-refractivity contribution in [3.8, 4) is 0 Å². The van der Waals surface area contributed by atoms with E-state index in [1.807, 2.05) is 36.4 Å².